The van der Waals surface area contributed by atoms with Gasteiger partial charge in [0.05, 0.1) is 6.54 Å². The molecular weight excluding hydrogens is 585 g/mol. The fourth-order valence-electron chi connectivity index (χ4n) is 5.68. The molecule has 0 aliphatic heterocycles. The lowest BCUT2D eigenvalue weighted by atomic mass is 9.75. The first-order chi connectivity index (χ1) is 20.2. The Morgan fingerprint density at radius 3 is 2.35 bits per heavy atom. The van der Waals surface area contributed by atoms with E-state index >= 15 is 0 Å². The first-order valence-corrected chi connectivity index (χ1v) is 13.3. The van der Waals surface area contributed by atoms with Gasteiger partial charge in [-0.3, -0.25) is 9.78 Å². The van der Waals surface area contributed by atoms with E-state index in [-0.39, 0.29) is 28.7 Å². The zero-order valence-electron chi connectivity index (χ0n) is 22.9. The molecule has 4 aromatic rings. The number of halogens is 7. The summed E-state index contributed by atoms with van der Waals surface area (Å²) in [5, 5.41) is 11.2. The van der Waals surface area contributed by atoms with Crippen LogP contribution in [0.4, 0.5) is 30.7 Å². The van der Waals surface area contributed by atoms with Gasteiger partial charge in [0, 0.05) is 18.8 Å². The minimum absolute atomic E-state index is 0.113. The summed E-state index contributed by atoms with van der Waals surface area (Å²) in [4.78, 5) is 17.6. The summed E-state index contributed by atoms with van der Waals surface area (Å²) in [6, 6.07) is 8.25. The van der Waals surface area contributed by atoms with E-state index in [4.69, 9.17) is 0 Å². The number of benzene rings is 1. The van der Waals surface area contributed by atoms with Crippen molar-refractivity contribution in [1.29, 1.82) is 0 Å². The molecule has 0 radical (unpaired) electrons. The average molecular weight is 611 g/mol. The van der Waals surface area contributed by atoms with Crippen LogP contribution in [0.15, 0.2) is 47.4 Å². The van der Waals surface area contributed by atoms with Crippen LogP contribution in [-0.4, -0.2) is 36.1 Å². The summed E-state index contributed by atoms with van der Waals surface area (Å²) >= 11 is 0. The molecule has 0 amide bonds. The van der Waals surface area contributed by atoms with Gasteiger partial charge in [0.1, 0.15) is 22.9 Å². The second-order valence-electron chi connectivity index (χ2n) is 10.4. The predicted octanol–water partition coefficient (Wildman–Crippen LogP) is 6.29. The summed E-state index contributed by atoms with van der Waals surface area (Å²) in [5.74, 6) is -1.57. The quantitative estimate of drug-likeness (QED) is 0.239. The molecule has 3 aromatic heterocycles. The van der Waals surface area contributed by atoms with Crippen molar-refractivity contribution in [3.8, 4) is 17.1 Å². The van der Waals surface area contributed by atoms with E-state index in [1.165, 1.54) is 24.4 Å². The van der Waals surface area contributed by atoms with Crippen LogP contribution >= 0.6 is 0 Å². The second-order valence-corrected chi connectivity index (χ2v) is 10.4. The monoisotopic (exact) mass is 610 g/mol. The summed E-state index contributed by atoms with van der Waals surface area (Å²) in [6.45, 7) is 1.18. The van der Waals surface area contributed by atoms with Crippen molar-refractivity contribution in [1.82, 2.24) is 29.8 Å². The lowest BCUT2D eigenvalue weighted by Crippen LogP contribution is -2.31. The second kappa shape index (κ2) is 11.4. The molecule has 0 spiro atoms. The van der Waals surface area contributed by atoms with Gasteiger partial charge in [-0.1, -0.05) is 17.3 Å². The van der Waals surface area contributed by atoms with E-state index in [1.807, 2.05) is 13.0 Å². The molecule has 228 valence electrons. The summed E-state index contributed by atoms with van der Waals surface area (Å²) in [6.07, 6.45) is -6.91. The Morgan fingerprint density at radius 2 is 1.70 bits per heavy atom. The maximum Gasteiger partial charge on any atom is 0.573 e. The molecule has 1 aliphatic carbocycles. The standard InChI is InChI=1S/C28H25F7N6O2/c1-15-5-3-6-19(29)23(15)17-10-8-16(9-11-17)18-13-20(24-25(27(30,31)32)40(2)39-37-24)38-41(26(18)42)14-21-22(7-4-12-36-21)43-28(33,34)35/h3-7,12-13,16-17H,8-11,14H2,1-2H3. The molecule has 0 N–H and O–H groups in total. The Morgan fingerprint density at radius 1 is 1.00 bits per heavy atom. The molecule has 0 saturated heterocycles. The highest BCUT2D eigenvalue weighted by Crippen LogP contribution is 2.42. The molecule has 1 saturated carbocycles. The van der Waals surface area contributed by atoms with E-state index in [1.54, 1.807) is 6.07 Å². The van der Waals surface area contributed by atoms with Gasteiger partial charge in [-0.05, 0) is 79.8 Å². The Bertz CT molecular complexity index is 1670. The molecule has 1 aromatic carbocycles. The molecular formula is C28H25F7N6O2. The number of pyridine rings is 1. The number of ether oxygens (including phenoxy) is 1. The highest BCUT2D eigenvalue weighted by Gasteiger charge is 2.40. The average Bonchev–Trinajstić information content (AvgIpc) is 3.32. The smallest absolute Gasteiger partial charge is 0.404 e. The van der Waals surface area contributed by atoms with Crippen LogP contribution in [-0.2, 0) is 19.8 Å². The molecule has 8 nitrogen and oxygen atoms in total. The van der Waals surface area contributed by atoms with E-state index in [9.17, 15) is 35.5 Å². The lowest BCUT2D eigenvalue weighted by Gasteiger charge is -2.30. The Labute approximate surface area is 240 Å². The maximum atomic E-state index is 14.6. The van der Waals surface area contributed by atoms with Crippen LogP contribution in [0, 0.1) is 12.7 Å². The molecule has 0 bridgehead atoms. The van der Waals surface area contributed by atoms with Gasteiger partial charge in [0.25, 0.3) is 5.56 Å². The first-order valence-electron chi connectivity index (χ1n) is 13.3. The fourth-order valence-corrected chi connectivity index (χ4v) is 5.68. The first kappa shape index (κ1) is 30.2. The molecule has 1 aliphatic rings. The third kappa shape index (κ3) is 6.39. The van der Waals surface area contributed by atoms with Crippen molar-refractivity contribution in [2.75, 3.05) is 0 Å². The van der Waals surface area contributed by atoms with Crippen molar-refractivity contribution >= 4 is 0 Å². The SMILES string of the molecule is Cc1cccc(F)c1C1CCC(c2cc(-c3nnn(C)c3C(F)(F)F)nn(Cc3ncccc3OC(F)(F)F)c2=O)CC1. The number of hydrogen-bond acceptors (Lipinski definition) is 6. The topological polar surface area (TPSA) is 87.7 Å². The highest BCUT2D eigenvalue weighted by molar-refractivity contribution is 5.58. The van der Waals surface area contributed by atoms with E-state index in [2.05, 4.69) is 25.1 Å². The minimum Gasteiger partial charge on any atom is -0.404 e. The van der Waals surface area contributed by atoms with Crippen molar-refractivity contribution in [3.63, 3.8) is 0 Å². The number of aryl methyl sites for hydroxylation is 2. The van der Waals surface area contributed by atoms with Gasteiger partial charge in [0.2, 0.25) is 0 Å². The number of rotatable bonds is 6. The van der Waals surface area contributed by atoms with Gasteiger partial charge >= 0.3 is 12.5 Å². The zero-order valence-corrected chi connectivity index (χ0v) is 22.9. The third-order valence-corrected chi connectivity index (χ3v) is 7.56. The van der Waals surface area contributed by atoms with Crippen LogP contribution in [0.5, 0.6) is 5.75 Å². The maximum absolute atomic E-state index is 14.6. The molecule has 5 rings (SSSR count). The number of alkyl halides is 6. The van der Waals surface area contributed by atoms with Gasteiger partial charge in [-0.15, -0.1) is 18.3 Å². The largest absolute Gasteiger partial charge is 0.573 e. The van der Waals surface area contributed by atoms with Crippen molar-refractivity contribution in [2.45, 2.75) is 63.5 Å². The molecule has 1 fully saturated rings. The third-order valence-electron chi connectivity index (χ3n) is 7.56. The highest BCUT2D eigenvalue weighted by atomic mass is 19.4. The summed E-state index contributed by atoms with van der Waals surface area (Å²) in [5.41, 5.74) is -1.72. The minimum atomic E-state index is -5.06. The molecule has 15 heteroatoms. The molecule has 3 heterocycles. The fraction of sp³-hybridized carbons (Fsp3) is 0.393. The predicted molar refractivity (Wildman–Crippen MR) is 139 cm³/mol. The Hall–Kier alpha value is -4.30. The van der Waals surface area contributed by atoms with Gasteiger partial charge in [-0.25, -0.2) is 13.8 Å². The van der Waals surface area contributed by atoms with Gasteiger partial charge < -0.3 is 4.74 Å². The van der Waals surface area contributed by atoms with E-state index < -0.39 is 47.7 Å². The van der Waals surface area contributed by atoms with Gasteiger partial charge in [0.15, 0.2) is 11.4 Å². The van der Waals surface area contributed by atoms with Crippen molar-refractivity contribution in [2.24, 2.45) is 7.05 Å². The van der Waals surface area contributed by atoms with Crippen molar-refractivity contribution < 1.29 is 35.5 Å². The molecule has 0 atom stereocenters. The lowest BCUT2D eigenvalue weighted by molar-refractivity contribution is -0.275. The summed E-state index contributed by atoms with van der Waals surface area (Å²) < 4.78 is 101. The van der Waals surface area contributed by atoms with Crippen molar-refractivity contribution in [3.05, 3.63) is 86.8 Å². The van der Waals surface area contributed by atoms with Crippen LogP contribution in [0.1, 0.15) is 65.6 Å². The van der Waals surface area contributed by atoms with Crippen LogP contribution < -0.4 is 10.3 Å². The van der Waals surface area contributed by atoms with E-state index in [0.717, 1.165) is 23.4 Å². The molecule has 0 unspecified atom stereocenters. The normalized spacial score (nSPS) is 17.7. The number of hydrogen-bond donors (Lipinski definition) is 0. The zero-order chi connectivity index (χ0) is 31.1. The Balaban J connectivity index is 1.57. The number of nitrogens with zero attached hydrogens (tertiary/aromatic N) is 6. The van der Waals surface area contributed by atoms with Crippen LogP contribution in [0.2, 0.25) is 0 Å². The number of aromatic nitrogens is 6. The van der Waals surface area contributed by atoms with Crippen LogP contribution in [0.25, 0.3) is 11.4 Å². The van der Waals surface area contributed by atoms with Gasteiger partial charge in [-0.2, -0.15) is 18.3 Å². The molecule has 43 heavy (non-hydrogen) atoms. The Kier molecular flexibility index (Phi) is 8.01. The summed E-state index contributed by atoms with van der Waals surface area (Å²) in [7, 11) is 1.05. The van der Waals surface area contributed by atoms with Crippen LogP contribution in [0.3, 0.4) is 0 Å². The van der Waals surface area contributed by atoms with E-state index in [0.29, 0.717) is 35.9 Å².